The molecule has 1 N–H and O–H groups in total. The largest absolute Gasteiger partial charge is 0.481 e. The zero-order valence-corrected chi connectivity index (χ0v) is 15.0. The van der Waals surface area contributed by atoms with Gasteiger partial charge in [0.1, 0.15) is 17.5 Å². The smallest absolute Gasteiger partial charge is 0.313 e. The zero-order valence-electron chi connectivity index (χ0n) is 15.0. The van der Waals surface area contributed by atoms with Crippen molar-refractivity contribution in [3.8, 4) is 11.5 Å². The number of halogens is 1. The van der Waals surface area contributed by atoms with Crippen LogP contribution in [0.5, 0.6) is 0 Å². The van der Waals surface area contributed by atoms with E-state index in [1.54, 1.807) is 17.0 Å². The Bertz CT molecular complexity index is 816. The van der Waals surface area contributed by atoms with Crippen molar-refractivity contribution in [3.05, 3.63) is 42.0 Å². The number of amides is 1. The van der Waals surface area contributed by atoms with Crippen LogP contribution in [-0.2, 0) is 20.7 Å². The Morgan fingerprint density at radius 1 is 1.37 bits per heavy atom. The third-order valence-electron chi connectivity index (χ3n) is 4.78. The van der Waals surface area contributed by atoms with E-state index >= 15 is 0 Å². The van der Waals surface area contributed by atoms with Crippen LogP contribution in [0.1, 0.15) is 18.5 Å². The lowest BCUT2D eigenvalue weighted by atomic mass is 9.80. The number of nitrogens with zero attached hydrogens (tertiary/aromatic N) is 2. The number of benzene rings is 1. The Labute approximate surface area is 155 Å². The monoisotopic (exact) mass is 376 g/mol. The van der Waals surface area contributed by atoms with E-state index in [2.05, 4.69) is 4.98 Å². The van der Waals surface area contributed by atoms with Crippen LogP contribution in [0, 0.1) is 11.2 Å². The predicted molar refractivity (Wildman–Crippen MR) is 93.4 cm³/mol. The lowest BCUT2D eigenvalue weighted by molar-refractivity contribution is -0.159. The highest BCUT2D eigenvalue weighted by atomic mass is 19.1. The first kappa shape index (κ1) is 19.0. The zero-order chi connectivity index (χ0) is 19.4. The highest BCUT2D eigenvalue weighted by Gasteiger charge is 2.43. The van der Waals surface area contributed by atoms with E-state index in [1.807, 2.05) is 0 Å². The standard InChI is InChI=1S/C19H21FN2O5/c1-26-12-19(18(24)25)7-2-8-22(11-19)16(23)9-15-10-27-17(21-15)13-3-5-14(20)6-4-13/h3-6,10H,2,7-9,11-12H2,1H3,(H,24,25). The number of aromatic nitrogens is 1. The summed E-state index contributed by atoms with van der Waals surface area (Å²) in [4.78, 5) is 30.2. The number of carbonyl (C=O) groups excluding carboxylic acids is 1. The fourth-order valence-electron chi connectivity index (χ4n) is 3.36. The van der Waals surface area contributed by atoms with E-state index < -0.39 is 11.4 Å². The van der Waals surface area contributed by atoms with Gasteiger partial charge in [-0.05, 0) is 37.1 Å². The van der Waals surface area contributed by atoms with E-state index in [0.717, 1.165) is 0 Å². The number of likely N-dealkylation sites (tertiary alicyclic amines) is 1. The molecule has 0 aliphatic carbocycles. The van der Waals surface area contributed by atoms with Crippen molar-refractivity contribution >= 4 is 11.9 Å². The van der Waals surface area contributed by atoms with Crippen molar-refractivity contribution < 1.29 is 28.2 Å². The number of aliphatic carboxylic acids is 1. The minimum atomic E-state index is -1.08. The molecule has 0 bridgehead atoms. The van der Waals surface area contributed by atoms with Gasteiger partial charge in [-0.15, -0.1) is 0 Å². The summed E-state index contributed by atoms with van der Waals surface area (Å²) in [6.45, 7) is 0.669. The molecule has 2 heterocycles. The SMILES string of the molecule is COCC1(C(=O)O)CCCN(C(=O)Cc2coc(-c3ccc(F)cc3)n2)C1. The van der Waals surface area contributed by atoms with Crippen LogP contribution in [-0.4, -0.2) is 53.7 Å². The topological polar surface area (TPSA) is 92.9 Å². The van der Waals surface area contributed by atoms with Gasteiger partial charge in [0, 0.05) is 25.8 Å². The van der Waals surface area contributed by atoms with E-state index in [0.29, 0.717) is 36.5 Å². The van der Waals surface area contributed by atoms with Crippen LogP contribution < -0.4 is 0 Å². The Kier molecular flexibility index (Phi) is 5.55. The van der Waals surface area contributed by atoms with Gasteiger partial charge in [-0.2, -0.15) is 0 Å². The van der Waals surface area contributed by atoms with E-state index in [-0.39, 0.29) is 31.3 Å². The summed E-state index contributed by atoms with van der Waals surface area (Å²) in [5, 5.41) is 9.59. The van der Waals surface area contributed by atoms with E-state index in [1.165, 1.54) is 25.5 Å². The number of methoxy groups -OCH3 is 1. The first-order valence-corrected chi connectivity index (χ1v) is 8.64. The van der Waals surface area contributed by atoms with Gasteiger partial charge in [0.15, 0.2) is 0 Å². The molecule has 1 aromatic heterocycles. The maximum absolute atomic E-state index is 13.0. The summed E-state index contributed by atoms with van der Waals surface area (Å²) in [6, 6.07) is 5.70. The van der Waals surface area contributed by atoms with Crippen molar-refractivity contribution in [2.75, 3.05) is 26.8 Å². The number of carboxylic acid groups (broad SMARTS) is 1. The minimum Gasteiger partial charge on any atom is -0.481 e. The molecule has 1 amide bonds. The molecule has 0 radical (unpaired) electrons. The summed E-state index contributed by atoms with van der Waals surface area (Å²) in [6.07, 6.45) is 2.47. The van der Waals surface area contributed by atoms with E-state index in [9.17, 15) is 19.1 Å². The molecular formula is C19H21FN2O5. The van der Waals surface area contributed by atoms with Gasteiger partial charge in [-0.1, -0.05) is 0 Å². The Morgan fingerprint density at radius 3 is 2.78 bits per heavy atom. The molecule has 27 heavy (non-hydrogen) atoms. The van der Waals surface area contributed by atoms with Gasteiger partial charge in [0.05, 0.1) is 18.7 Å². The number of rotatable bonds is 6. The molecule has 1 aliphatic heterocycles. The number of carbonyl (C=O) groups is 2. The normalized spacial score (nSPS) is 19.9. The van der Waals surface area contributed by atoms with Crippen molar-refractivity contribution in [3.63, 3.8) is 0 Å². The van der Waals surface area contributed by atoms with Gasteiger partial charge in [-0.3, -0.25) is 9.59 Å². The van der Waals surface area contributed by atoms with E-state index in [4.69, 9.17) is 9.15 Å². The summed E-state index contributed by atoms with van der Waals surface area (Å²) < 4.78 is 23.5. The Balaban J connectivity index is 1.68. The number of oxazole rings is 1. The second kappa shape index (κ2) is 7.87. The first-order valence-electron chi connectivity index (χ1n) is 8.64. The fraction of sp³-hybridized carbons (Fsp3) is 0.421. The fourth-order valence-corrected chi connectivity index (χ4v) is 3.36. The van der Waals surface area contributed by atoms with Crippen molar-refractivity contribution in [1.29, 1.82) is 0 Å². The molecule has 1 atom stereocenters. The average molecular weight is 376 g/mol. The lowest BCUT2D eigenvalue weighted by Gasteiger charge is -2.39. The number of piperidine rings is 1. The number of hydrogen-bond acceptors (Lipinski definition) is 5. The number of carboxylic acids is 1. The molecule has 1 aromatic carbocycles. The summed E-state index contributed by atoms with van der Waals surface area (Å²) in [5.41, 5.74) is -0.0261. The molecule has 1 unspecified atom stereocenters. The summed E-state index contributed by atoms with van der Waals surface area (Å²) in [7, 11) is 1.46. The van der Waals surface area contributed by atoms with Crippen molar-refractivity contribution in [1.82, 2.24) is 9.88 Å². The molecule has 144 valence electrons. The predicted octanol–water partition coefficient (Wildman–Crippen LogP) is 2.36. The van der Waals surface area contributed by atoms with Crippen molar-refractivity contribution in [2.24, 2.45) is 5.41 Å². The molecule has 7 nitrogen and oxygen atoms in total. The van der Waals surface area contributed by atoms with Crippen LogP contribution in [0.25, 0.3) is 11.5 Å². The molecule has 8 heteroatoms. The van der Waals surface area contributed by atoms with Gasteiger partial charge in [0.25, 0.3) is 0 Å². The third-order valence-corrected chi connectivity index (χ3v) is 4.78. The highest BCUT2D eigenvalue weighted by Crippen LogP contribution is 2.31. The van der Waals surface area contributed by atoms with Gasteiger partial charge >= 0.3 is 5.97 Å². The molecule has 0 saturated carbocycles. The molecule has 2 aromatic rings. The average Bonchev–Trinajstić information content (AvgIpc) is 3.11. The Hall–Kier alpha value is -2.74. The molecular weight excluding hydrogens is 355 g/mol. The maximum atomic E-state index is 13.0. The molecule has 3 rings (SSSR count). The molecule has 1 aliphatic rings. The van der Waals surface area contributed by atoms with Gasteiger partial charge in [0.2, 0.25) is 11.8 Å². The van der Waals surface area contributed by atoms with Crippen LogP contribution >= 0.6 is 0 Å². The van der Waals surface area contributed by atoms with Crippen LogP contribution in [0.15, 0.2) is 34.9 Å². The summed E-state index contributed by atoms with van der Waals surface area (Å²) in [5.74, 6) is -1.23. The molecule has 1 saturated heterocycles. The van der Waals surface area contributed by atoms with Crippen LogP contribution in [0.3, 0.4) is 0 Å². The van der Waals surface area contributed by atoms with Crippen LogP contribution in [0.2, 0.25) is 0 Å². The minimum absolute atomic E-state index is 0.00732. The summed E-state index contributed by atoms with van der Waals surface area (Å²) >= 11 is 0. The molecule has 1 fully saturated rings. The third kappa shape index (κ3) is 4.16. The lowest BCUT2D eigenvalue weighted by Crippen LogP contribution is -2.52. The maximum Gasteiger partial charge on any atom is 0.313 e. The van der Waals surface area contributed by atoms with Crippen LogP contribution in [0.4, 0.5) is 4.39 Å². The number of hydrogen-bond donors (Lipinski definition) is 1. The van der Waals surface area contributed by atoms with Gasteiger partial charge < -0.3 is 19.2 Å². The quantitative estimate of drug-likeness (QED) is 0.832. The Morgan fingerprint density at radius 2 is 2.11 bits per heavy atom. The van der Waals surface area contributed by atoms with Crippen molar-refractivity contribution in [2.45, 2.75) is 19.3 Å². The highest BCUT2D eigenvalue weighted by molar-refractivity contribution is 5.81. The first-order chi connectivity index (χ1) is 12.9. The molecule has 0 spiro atoms. The van der Waals surface area contributed by atoms with Gasteiger partial charge in [-0.25, -0.2) is 9.37 Å². The second-order valence-corrected chi connectivity index (χ2v) is 6.77. The number of ether oxygens (including phenoxy) is 1. The second-order valence-electron chi connectivity index (χ2n) is 6.77.